The Morgan fingerprint density at radius 3 is 3.00 bits per heavy atom. The zero-order valence-corrected chi connectivity index (χ0v) is 9.23. The van der Waals surface area contributed by atoms with Crippen LogP contribution in [-0.2, 0) is 0 Å². The van der Waals surface area contributed by atoms with E-state index in [9.17, 15) is 4.79 Å². The van der Waals surface area contributed by atoms with Crippen LogP contribution in [-0.4, -0.2) is 23.9 Å². The molecule has 0 aliphatic carbocycles. The van der Waals surface area contributed by atoms with E-state index in [4.69, 9.17) is 0 Å². The maximum atomic E-state index is 11.2. The normalized spacial score (nSPS) is 20.7. The molecule has 3 heteroatoms. The first-order valence-electron chi connectivity index (χ1n) is 5.39. The van der Waals surface area contributed by atoms with Crippen LogP contribution < -0.4 is 4.90 Å². The second kappa shape index (κ2) is 4.01. The molecule has 0 aromatic carbocycles. The highest BCUT2D eigenvalue weighted by molar-refractivity contribution is 5.94. The number of hydrogen-bond donors (Lipinski definition) is 0. The molecule has 0 radical (unpaired) electrons. The lowest BCUT2D eigenvalue weighted by atomic mass is 10.2. The first kappa shape index (κ1) is 10.1. The molecule has 2 rings (SSSR count). The largest absolute Gasteiger partial charge is 0.356 e. The molecule has 15 heavy (non-hydrogen) atoms. The van der Waals surface area contributed by atoms with Gasteiger partial charge < -0.3 is 4.90 Å². The summed E-state index contributed by atoms with van der Waals surface area (Å²) >= 11 is 0. The van der Waals surface area contributed by atoms with Crippen LogP contribution in [0.5, 0.6) is 0 Å². The quantitative estimate of drug-likeness (QED) is 0.692. The number of pyridine rings is 1. The number of anilines is 1. The Kier molecular flexibility index (Phi) is 2.71. The molecule has 1 unspecified atom stereocenters. The van der Waals surface area contributed by atoms with Gasteiger partial charge in [-0.15, -0.1) is 0 Å². The van der Waals surface area contributed by atoms with Crippen molar-refractivity contribution in [1.82, 2.24) is 4.98 Å². The van der Waals surface area contributed by atoms with Crippen molar-refractivity contribution < 1.29 is 4.79 Å². The van der Waals surface area contributed by atoms with Crippen molar-refractivity contribution in [2.45, 2.75) is 20.3 Å². The van der Waals surface area contributed by atoms with E-state index in [0.717, 1.165) is 30.4 Å². The molecule has 1 atom stereocenters. The second-order valence-corrected chi connectivity index (χ2v) is 4.30. The van der Waals surface area contributed by atoms with E-state index in [1.54, 1.807) is 19.2 Å². The summed E-state index contributed by atoms with van der Waals surface area (Å²) < 4.78 is 0. The Bertz CT molecular complexity index is 376. The third-order valence-electron chi connectivity index (χ3n) is 2.90. The molecule has 0 bridgehead atoms. The van der Waals surface area contributed by atoms with E-state index in [-0.39, 0.29) is 5.78 Å². The van der Waals surface area contributed by atoms with Crippen molar-refractivity contribution in [3.05, 3.63) is 23.9 Å². The number of nitrogens with zero attached hydrogens (tertiary/aromatic N) is 2. The van der Waals surface area contributed by atoms with Crippen molar-refractivity contribution in [2.24, 2.45) is 5.92 Å². The summed E-state index contributed by atoms with van der Waals surface area (Å²) in [7, 11) is 0. The van der Waals surface area contributed by atoms with Gasteiger partial charge in [0, 0.05) is 24.8 Å². The molecule has 0 amide bonds. The molecule has 1 aliphatic heterocycles. The van der Waals surface area contributed by atoms with Gasteiger partial charge in [-0.05, 0) is 31.4 Å². The zero-order valence-electron chi connectivity index (χ0n) is 9.23. The summed E-state index contributed by atoms with van der Waals surface area (Å²) in [6.45, 7) is 5.93. The number of aromatic nitrogens is 1. The highest BCUT2D eigenvalue weighted by atomic mass is 16.1. The molecule has 3 nitrogen and oxygen atoms in total. The van der Waals surface area contributed by atoms with Gasteiger partial charge in [0.2, 0.25) is 0 Å². The van der Waals surface area contributed by atoms with Gasteiger partial charge in [-0.25, -0.2) is 4.98 Å². The first-order valence-corrected chi connectivity index (χ1v) is 5.39. The minimum atomic E-state index is 0.103. The van der Waals surface area contributed by atoms with Gasteiger partial charge in [0.15, 0.2) is 5.78 Å². The minimum absolute atomic E-state index is 0.103. The molecule has 1 aromatic rings. The third kappa shape index (κ3) is 2.17. The van der Waals surface area contributed by atoms with Crippen LogP contribution in [0.15, 0.2) is 18.3 Å². The molecular formula is C12H16N2O. The number of carbonyl (C=O) groups is 1. The molecule has 2 heterocycles. The average Bonchev–Trinajstić information content (AvgIpc) is 2.65. The summed E-state index contributed by atoms with van der Waals surface area (Å²) in [4.78, 5) is 17.8. The highest BCUT2D eigenvalue weighted by Gasteiger charge is 2.20. The predicted molar refractivity (Wildman–Crippen MR) is 60.2 cm³/mol. The van der Waals surface area contributed by atoms with Crippen LogP contribution in [0.2, 0.25) is 0 Å². The van der Waals surface area contributed by atoms with Crippen LogP contribution >= 0.6 is 0 Å². The summed E-state index contributed by atoms with van der Waals surface area (Å²) in [6, 6.07) is 3.66. The van der Waals surface area contributed by atoms with E-state index >= 15 is 0 Å². The molecule has 0 N–H and O–H groups in total. The number of hydrogen-bond acceptors (Lipinski definition) is 3. The monoisotopic (exact) mass is 204 g/mol. The smallest absolute Gasteiger partial charge is 0.159 e. The van der Waals surface area contributed by atoms with Gasteiger partial charge in [-0.2, -0.15) is 0 Å². The van der Waals surface area contributed by atoms with Gasteiger partial charge in [0.1, 0.15) is 5.82 Å². The topological polar surface area (TPSA) is 33.2 Å². The summed E-state index contributed by atoms with van der Waals surface area (Å²) in [5.74, 6) is 1.77. The predicted octanol–water partition coefficient (Wildman–Crippen LogP) is 2.13. The second-order valence-electron chi connectivity index (χ2n) is 4.30. The molecule has 1 fully saturated rings. The van der Waals surface area contributed by atoms with Crippen molar-refractivity contribution in [2.75, 3.05) is 18.0 Å². The fraction of sp³-hybridized carbons (Fsp3) is 0.500. The molecule has 0 saturated carbocycles. The summed E-state index contributed by atoms with van der Waals surface area (Å²) in [5, 5.41) is 0. The Morgan fingerprint density at radius 2 is 2.40 bits per heavy atom. The highest BCUT2D eigenvalue weighted by Crippen LogP contribution is 2.22. The van der Waals surface area contributed by atoms with Crippen LogP contribution in [0.3, 0.4) is 0 Å². The minimum Gasteiger partial charge on any atom is -0.356 e. The summed E-state index contributed by atoms with van der Waals surface area (Å²) in [6.07, 6.45) is 2.93. The molecule has 80 valence electrons. The molecule has 1 aromatic heterocycles. The number of ketones is 1. The lowest BCUT2D eigenvalue weighted by Gasteiger charge is -2.17. The van der Waals surface area contributed by atoms with Gasteiger partial charge in [0.05, 0.1) is 0 Å². The average molecular weight is 204 g/mol. The standard InChI is InChI=1S/C12H16N2O/c1-9-4-6-14(8-9)12-7-11(10(2)15)3-5-13-12/h3,5,7,9H,4,6,8H2,1-2H3. The Balaban J connectivity index is 2.21. The van der Waals surface area contributed by atoms with E-state index in [1.165, 1.54) is 6.42 Å². The maximum absolute atomic E-state index is 11.2. The molecule has 0 spiro atoms. The number of rotatable bonds is 2. The Morgan fingerprint density at radius 1 is 1.60 bits per heavy atom. The fourth-order valence-corrected chi connectivity index (χ4v) is 1.95. The van der Waals surface area contributed by atoms with E-state index in [0.29, 0.717) is 0 Å². The number of Topliss-reactive ketones (excluding diaryl/α,β-unsaturated/α-hetero) is 1. The zero-order chi connectivity index (χ0) is 10.8. The van der Waals surface area contributed by atoms with Crippen LogP contribution in [0, 0.1) is 5.92 Å². The molecular weight excluding hydrogens is 188 g/mol. The van der Waals surface area contributed by atoms with Gasteiger partial charge in [-0.3, -0.25) is 4.79 Å². The van der Waals surface area contributed by atoms with Crippen LogP contribution in [0.4, 0.5) is 5.82 Å². The SMILES string of the molecule is CC(=O)c1ccnc(N2CCC(C)C2)c1. The lowest BCUT2D eigenvalue weighted by molar-refractivity contribution is 0.101. The Labute approximate surface area is 90.1 Å². The van der Waals surface area contributed by atoms with Crippen LogP contribution in [0.1, 0.15) is 30.6 Å². The van der Waals surface area contributed by atoms with E-state index in [1.807, 2.05) is 6.07 Å². The van der Waals surface area contributed by atoms with Crippen molar-refractivity contribution in [1.29, 1.82) is 0 Å². The maximum Gasteiger partial charge on any atom is 0.159 e. The summed E-state index contributed by atoms with van der Waals surface area (Å²) in [5.41, 5.74) is 0.750. The number of carbonyl (C=O) groups excluding carboxylic acids is 1. The van der Waals surface area contributed by atoms with Crippen molar-refractivity contribution in [3.63, 3.8) is 0 Å². The fourth-order valence-electron chi connectivity index (χ4n) is 1.95. The molecule has 1 aliphatic rings. The van der Waals surface area contributed by atoms with Gasteiger partial charge in [0.25, 0.3) is 0 Å². The van der Waals surface area contributed by atoms with Crippen molar-refractivity contribution in [3.8, 4) is 0 Å². The van der Waals surface area contributed by atoms with Crippen molar-refractivity contribution >= 4 is 11.6 Å². The van der Waals surface area contributed by atoms with Gasteiger partial charge >= 0.3 is 0 Å². The van der Waals surface area contributed by atoms with Gasteiger partial charge in [-0.1, -0.05) is 6.92 Å². The van der Waals surface area contributed by atoms with Crippen LogP contribution in [0.25, 0.3) is 0 Å². The lowest BCUT2D eigenvalue weighted by Crippen LogP contribution is -2.20. The van der Waals surface area contributed by atoms with E-state index < -0.39 is 0 Å². The first-order chi connectivity index (χ1) is 7.16. The third-order valence-corrected chi connectivity index (χ3v) is 2.90. The van der Waals surface area contributed by atoms with E-state index in [2.05, 4.69) is 16.8 Å². The molecule has 1 saturated heterocycles. The Hall–Kier alpha value is -1.38.